The molecule has 0 bridgehead atoms. The van der Waals surface area contributed by atoms with Gasteiger partial charge in [-0.25, -0.2) is 4.79 Å². The van der Waals surface area contributed by atoms with Crippen LogP contribution in [0.15, 0.2) is 12.1 Å². The summed E-state index contributed by atoms with van der Waals surface area (Å²) in [4.78, 5) is 23.2. The number of hydrogen-bond donors (Lipinski definition) is 1. The number of carbonyl (C=O) groups excluding carboxylic acids is 2. The first-order valence-electron chi connectivity index (χ1n) is 5.65. The Kier molecular flexibility index (Phi) is 5.69. The third-order valence-electron chi connectivity index (χ3n) is 2.26. The third kappa shape index (κ3) is 4.56. The predicted octanol–water partition coefficient (Wildman–Crippen LogP) is 3.05. The van der Waals surface area contributed by atoms with E-state index in [0.717, 1.165) is 19.3 Å². The number of methoxy groups -OCH3 is 1. The van der Waals surface area contributed by atoms with Gasteiger partial charge in [-0.3, -0.25) is 4.79 Å². The highest BCUT2D eigenvalue weighted by molar-refractivity contribution is 7.18. The molecule has 0 aliphatic heterocycles. The molecule has 0 aliphatic carbocycles. The second-order valence-corrected chi connectivity index (χ2v) is 4.74. The minimum Gasteiger partial charge on any atom is -0.465 e. The van der Waals surface area contributed by atoms with Crippen molar-refractivity contribution in [1.82, 2.24) is 0 Å². The maximum atomic E-state index is 11.5. The van der Waals surface area contributed by atoms with Gasteiger partial charge in [-0.1, -0.05) is 19.8 Å². The van der Waals surface area contributed by atoms with Gasteiger partial charge < -0.3 is 10.1 Å². The molecule has 94 valence electrons. The van der Waals surface area contributed by atoms with Gasteiger partial charge in [0.05, 0.1) is 12.1 Å². The zero-order chi connectivity index (χ0) is 12.7. The van der Waals surface area contributed by atoms with E-state index in [1.807, 2.05) is 0 Å². The minimum atomic E-state index is -0.374. The van der Waals surface area contributed by atoms with Gasteiger partial charge in [-0.2, -0.15) is 0 Å². The molecule has 0 saturated heterocycles. The number of hydrogen-bond acceptors (Lipinski definition) is 4. The lowest BCUT2D eigenvalue weighted by Crippen LogP contribution is -2.09. The van der Waals surface area contributed by atoms with Gasteiger partial charge in [0.2, 0.25) is 5.91 Å². The summed E-state index contributed by atoms with van der Waals surface area (Å²) < 4.78 is 4.59. The van der Waals surface area contributed by atoms with E-state index in [-0.39, 0.29) is 11.9 Å². The molecule has 1 amide bonds. The maximum absolute atomic E-state index is 11.5. The van der Waals surface area contributed by atoms with E-state index in [0.29, 0.717) is 16.3 Å². The van der Waals surface area contributed by atoms with E-state index in [4.69, 9.17) is 0 Å². The van der Waals surface area contributed by atoms with Gasteiger partial charge in [0, 0.05) is 6.42 Å². The quantitative estimate of drug-likeness (QED) is 0.628. The monoisotopic (exact) mass is 255 g/mol. The first kappa shape index (κ1) is 13.7. The molecule has 5 heteroatoms. The number of anilines is 1. The van der Waals surface area contributed by atoms with Crippen LogP contribution >= 0.6 is 11.3 Å². The van der Waals surface area contributed by atoms with Crippen molar-refractivity contribution in [2.75, 3.05) is 12.4 Å². The van der Waals surface area contributed by atoms with Crippen molar-refractivity contribution in [3.8, 4) is 0 Å². The third-order valence-corrected chi connectivity index (χ3v) is 3.24. The molecule has 1 rings (SSSR count). The van der Waals surface area contributed by atoms with E-state index >= 15 is 0 Å². The van der Waals surface area contributed by atoms with Crippen LogP contribution in [0.5, 0.6) is 0 Å². The normalized spacial score (nSPS) is 10.0. The van der Waals surface area contributed by atoms with Crippen LogP contribution in [0, 0.1) is 0 Å². The summed E-state index contributed by atoms with van der Waals surface area (Å²) in [7, 11) is 1.34. The fourth-order valence-electron chi connectivity index (χ4n) is 1.35. The summed E-state index contributed by atoms with van der Waals surface area (Å²) in [6.45, 7) is 2.10. The van der Waals surface area contributed by atoms with Crippen LogP contribution < -0.4 is 5.32 Å². The fourth-order valence-corrected chi connectivity index (χ4v) is 2.19. The van der Waals surface area contributed by atoms with Crippen LogP contribution in [0.3, 0.4) is 0 Å². The highest BCUT2D eigenvalue weighted by atomic mass is 32.1. The lowest BCUT2D eigenvalue weighted by Gasteiger charge is -2.01. The largest absolute Gasteiger partial charge is 0.465 e. The molecule has 4 nitrogen and oxygen atoms in total. The van der Waals surface area contributed by atoms with Crippen LogP contribution in [0.25, 0.3) is 0 Å². The average Bonchev–Trinajstić information content (AvgIpc) is 2.77. The van der Waals surface area contributed by atoms with Gasteiger partial charge in [0.25, 0.3) is 0 Å². The van der Waals surface area contributed by atoms with Gasteiger partial charge in [-0.05, 0) is 18.6 Å². The molecule has 1 aromatic heterocycles. The van der Waals surface area contributed by atoms with Crippen molar-refractivity contribution in [3.05, 3.63) is 17.0 Å². The number of unbranched alkanes of at least 4 members (excludes halogenated alkanes) is 2. The van der Waals surface area contributed by atoms with Crippen LogP contribution in [0.2, 0.25) is 0 Å². The molecule has 0 atom stereocenters. The van der Waals surface area contributed by atoms with E-state index in [1.165, 1.54) is 18.4 Å². The average molecular weight is 255 g/mol. The number of esters is 1. The highest BCUT2D eigenvalue weighted by Crippen LogP contribution is 2.22. The second-order valence-electron chi connectivity index (χ2n) is 3.66. The Morgan fingerprint density at radius 1 is 1.35 bits per heavy atom. The number of carbonyl (C=O) groups is 2. The Morgan fingerprint density at radius 3 is 2.76 bits per heavy atom. The molecule has 1 N–H and O–H groups in total. The van der Waals surface area contributed by atoms with Crippen LogP contribution in [-0.4, -0.2) is 19.0 Å². The molecule has 0 spiro atoms. The SMILES string of the molecule is CCCCCC(=O)Nc1ccc(C(=O)OC)s1. The summed E-state index contributed by atoms with van der Waals surface area (Å²) in [6.07, 6.45) is 3.58. The molecule has 0 aromatic carbocycles. The van der Waals surface area contributed by atoms with E-state index in [2.05, 4.69) is 17.0 Å². The van der Waals surface area contributed by atoms with Crippen molar-refractivity contribution in [2.24, 2.45) is 0 Å². The molecule has 0 radical (unpaired) electrons. The molecular weight excluding hydrogens is 238 g/mol. The minimum absolute atomic E-state index is 0.00304. The Labute approximate surface area is 105 Å². The second kappa shape index (κ2) is 7.06. The van der Waals surface area contributed by atoms with E-state index in [1.54, 1.807) is 12.1 Å². The highest BCUT2D eigenvalue weighted by Gasteiger charge is 2.10. The number of rotatable bonds is 6. The first-order chi connectivity index (χ1) is 8.17. The molecule has 0 aliphatic rings. The molecule has 1 heterocycles. The van der Waals surface area contributed by atoms with E-state index < -0.39 is 0 Å². The Hall–Kier alpha value is -1.36. The predicted molar refractivity (Wildman–Crippen MR) is 68.4 cm³/mol. The van der Waals surface area contributed by atoms with Crippen molar-refractivity contribution < 1.29 is 14.3 Å². The Morgan fingerprint density at radius 2 is 2.12 bits per heavy atom. The lowest BCUT2D eigenvalue weighted by molar-refractivity contribution is -0.116. The number of ether oxygens (including phenoxy) is 1. The summed E-state index contributed by atoms with van der Waals surface area (Å²) in [5, 5.41) is 3.46. The Balaban J connectivity index is 2.43. The van der Waals surface area contributed by atoms with Gasteiger partial charge >= 0.3 is 5.97 Å². The van der Waals surface area contributed by atoms with Crippen molar-refractivity contribution in [1.29, 1.82) is 0 Å². The smallest absolute Gasteiger partial charge is 0.348 e. The zero-order valence-corrected chi connectivity index (χ0v) is 10.9. The fraction of sp³-hybridized carbons (Fsp3) is 0.500. The summed E-state index contributed by atoms with van der Waals surface area (Å²) in [5.41, 5.74) is 0. The van der Waals surface area contributed by atoms with E-state index in [9.17, 15) is 9.59 Å². The van der Waals surface area contributed by atoms with Crippen molar-refractivity contribution in [3.63, 3.8) is 0 Å². The van der Waals surface area contributed by atoms with Crippen LogP contribution in [0.4, 0.5) is 5.00 Å². The zero-order valence-electron chi connectivity index (χ0n) is 10.1. The summed E-state index contributed by atoms with van der Waals surface area (Å²) in [5.74, 6) is -0.377. The van der Waals surface area contributed by atoms with Gasteiger partial charge in [-0.15, -0.1) is 11.3 Å². The number of nitrogens with one attached hydrogen (secondary N) is 1. The number of amides is 1. The number of thiophene rings is 1. The molecule has 1 aromatic rings. The molecule has 0 fully saturated rings. The maximum Gasteiger partial charge on any atom is 0.348 e. The molecule has 17 heavy (non-hydrogen) atoms. The van der Waals surface area contributed by atoms with Crippen LogP contribution in [0.1, 0.15) is 42.3 Å². The summed E-state index contributed by atoms with van der Waals surface area (Å²) in [6, 6.07) is 3.37. The first-order valence-corrected chi connectivity index (χ1v) is 6.47. The van der Waals surface area contributed by atoms with Gasteiger partial charge in [0.15, 0.2) is 0 Å². The standard InChI is InChI=1S/C12H17NO3S/c1-3-4-5-6-10(14)13-11-8-7-9(17-11)12(15)16-2/h7-8H,3-6H2,1-2H3,(H,13,14). The molecule has 0 unspecified atom stereocenters. The van der Waals surface area contributed by atoms with Crippen molar-refractivity contribution >= 4 is 28.2 Å². The topological polar surface area (TPSA) is 55.4 Å². The Bertz CT molecular complexity index is 387. The summed E-state index contributed by atoms with van der Waals surface area (Å²) >= 11 is 1.23. The van der Waals surface area contributed by atoms with Gasteiger partial charge in [0.1, 0.15) is 4.88 Å². The molecular formula is C12H17NO3S. The van der Waals surface area contributed by atoms with Crippen LogP contribution in [-0.2, 0) is 9.53 Å². The molecule has 0 saturated carbocycles. The van der Waals surface area contributed by atoms with Crippen molar-refractivity contribution in [2.45, 2.75) is 32.6 Å². The lowest BCUT2D eigenvalue weighted by atomic mass is 10.2.